The number of halogens is 3. The third-order valence-corrected chi connectivity index (χ3v) is 4.73. The number of benzene rings is 2. The van der Waals surface area contributed by atoms with Crippen LogP contribution in [0.15, 0.2) is 42.5 Å². The molecular weight excluding hydrogens is 371 g/mol. The van der Waals surface area contributed by atoms with E-state index in [1.165, 1.54) is 18.2 Å². The van der Waals surface area contributed by atoms with Crippen LogP contribution in [0.25, 0.3) is 0 Å². The van der Waals surface area contributed by atoms with Crippen LogP contribution >= 0.6 is 0 Å². The molecule has 1 aliphatic carbocycles. The third kappa shape index (κ3) is 4.77. The van der Waals surface area contributed by atoms with Gasteiger partial charge in [-0.3, -0.25) is 4.79 Å². The summed E-state index contributed by atoms with van der Waals surface area (Å²) in [5, 5.41) is 0. The molecule has 1 aliphatic rings. The maximum Gasteiger partial charge on any atom is 0.387 e. The molecule has 150 valence electrons. The molecule has 7 heteroatoms. The topological polar surface area (TPSA) is 38.8 Å². The molecule has 1 saturated carbocycles. The zero-order valence-corrected chi connectivity index (χ0v) is 15.7. The van der Waals surface area contributed by atoms with Gasteiger partial charge in [-0.2, -0.15) is 8.78 Å². The van der Waals surface area contributed by atoms with Crippen LogP contribution < -0.4 is 9.47 Å². The number of hydrogen-bond donors (Lipinski definition) is 0. The second kappa shape index (κ2) is 8.54. The Hall–Kier alpha value is -2.70. The van der Waals surface area contributed by atoms with E-state index in [1.54, 1.807) is 43.1 Å². The van der Waals surface area contributed by atoms with Crippen molar-refractivity contribution in [2.75, 3.05) is 13.7 Å². The normalized spacial score (nSPS) is 18.1. The number of carbonyl (C=O) groups is 1. The fourth-order valence-electron chi connectivity index (χ4n) is 3.29. The first-order chi connectivity index (χ1) is 13.4. The summed E-state index contributed by atoms with van der Waals surface area (Å²) in [6.07, 6.45) is 0.736. The van der Waals surface area contributed by atoms with Gasteiger partial charge < -0.3 is 14.4 Å². The number of amides is 1. The van der Waals surface area contributed by atoms with Crippen LogP contribution in [0.1, 0.15) is 30.4 Å². The molecule has 3 rings (SSSR count). The van der Waals surface area contributed by atoms with Crippen LogP contribution in [-0.2, 0) is 11.3 Å². The van der Waals surface area contributed by atoms with Crippen molar-refractivity contribution in [3.8, 4) is 11.5 Å². The van der Waals surface area contributed by atoms with Crippen molar-refractivity contribution in [2.45, 2.75) is 32.4 Å². The predicted octanol–water partition coefficient (Wildman–Crippen LogP) is 4.59. The summed E-state index contributed by atoms with van der Waals surface area (Å²) in [4.78, 5) is 14.3. The number of alkyl halides is 2. The van der Waals surface area contributed by atoms with Crippen LogP contribution in [0.5, 0.6) is 11.5 Å². The Morgan fingerprint density at radius 3 is 2.54 bits per heavy atom. The SMILES string of the molecule is CCOc1cc(CN(C)C(=O)C2CC2c2ccc(F)cc2)ccc1OC(F)F. The number of ether oxygens (including phenoxy) is 2. The monoisotopic (exact) mass is 393 g/mol. The fourth-order valence-corrected chi connectivity index (χ4v) is 3.29. The highest BCUT2D eigenvalue weighted by Gasteiger charge is 2.45. The van der Waals surface area contributed by atoms with Gasteiger partial charge in [0.05, 0.1) is 6.61 Å². The van der Waals surface area contributed by atoms with Gasteiger partial charge in [-0.1, -0.05) is 18.2 Å². The molecule has 2 unspecified atom stereocenters. The smallest absolute Gasteiger partial charge is 0.387 e. The van der Waals surface area contributed by atoms with Crippen LogP contribution in [0.3, 0.4) is 0 Å². The Balaban J connectivity index is 1.64. The summed E-state index contributed by atoms with van der Waals surface area (Å²) in [6, 6.07) is 10.9. The van der Waals surface area contributed by atoms with Crippen LogP contribution in [-0.4, -0.2) is 31.1 Å². The van der Waals surface area contributed by atoms with Crippen molar-refractivity contribution in [3.63, 3.8) is 0 Å². The van der Waals surface area contributed by atoms with E-state index in [0.717, 1.165) is 17.5 Å². The molecule has 2 aromatic rings. The fraction of sp³-hybridized carbons (Fsp3) is 0.381. The Morgan fingerprint density at radius 2 is 1.89 bits per heavy atom. The van der Waals surface area contributed by atoms with Gasteiger partial charge in [0.2, 0.25) is 5.91 Å². The van der Waals surface area contributed by atoms with E-state index in [-0.39, 0.29) is 35.1 Å². The largest absolute Gasteiger partial charge is 0.490 e. The lowest BCUT2D eigenvalue weighted by atomic mass is 10.1. The lowest BCUT2D eigenvalue weighted by molar-refractivity contribution is -0.131. The summed E-state index contributed by atoms with van der Waals surface area (Å²) in [5.41, 5.74) is 1.71. The average Bonchev–Trinajstić information content (AvgIpc) is 3.44. The first-order valence-electron chi connectivity index (χ1n) is 9.10. The average molecular weight is 393 g/mol. The van der Waals surface area contributed by atoms with Crippen LogP contribution in [0, 0.1) is 11.7 Å². The Morgan fingerprint density at radius 1 is 1.18 bits per heavy atom. The maximum atomic E-state index is 13.0. The molecule has 1 amide bonds. The molecule has 0 aromatic heterocycles. The molecule has 4 nitrogen and oxygen atoms in total. The Bertz CT molecular complexity index is 826. The van der Waals surface area contributed by atoms with Crippen molar-refractivity contribution in [1.29, 1.82) is 0 Å². The number of nitrogens with zero attached hydrogens (tertiary/aromatic N) is 1. The highest BCUT2D eigenvalue weighted by molar-refractivity contribution is 5.82. The van der Waals surface area contributed by atoms with Gasteiger partial charge in [0.25, 0.3) is 0 Å². The van der Waals surface area contributed by atoms with Crippen molar-refractivity contribution in [3.05, 3.63) is 59.4 Å². The zero-order chi connectivity index (χ0) is 20.3. The second-order valence-corrected chi connectivity index (χ2v) is 6.79. The molecule has 1 fully saturated rings. The molecule has 0 bridgehead atoms. The first-order valence-corrected chi connectivity index (χ1v) is 9.10. The van der Waals surface area contributed by atoms with Crippen molar-refractivity contribution in [1.82, 2.24) is 4.90 Å². The van der Waals surface area contributed by atoms with E-state index in [0.29, 0.717) is 13.2 Å². The minimum absolute atomic E-state index is 0.000178. The molecular formula is C21H22F3NO3. The minimum Gasteiger partial charge on any atom is -0.490 e. The number of rotatable bonds is 8. The number of hydrogen-bond acceptors (Lipinski definition) is 3. The van der Waals surface area contributed by atoms with E-state index in [4.69, 9.17) is 4.74 Å². The minimum atomic E-state index is -2.94. The predicted molar refractivity (Wildman–Crippen MR) is 98.0 cm³/mol. The molecule has 28 heavy (non-hydrogen) atoms. The molecule has 0 radical (unpaired) electrons. The lowest BCUT2D eigenvalue weighted by Crippen LogP contribution is -2.28. The standard InChI is InChI=1S/C21H22F3NO3/c1-3-27-19-10-13(4-9-18(19)28-21(23)24)12-25(2)20(26)17-11-16(17)14-5-7-15(22)8-6-14/h4-10,16-17,21H,3,11-12H2,1-2H3. The summed E-state index contributed by atoms with van der Waals surface area (Å²) in [6.45, 7) is -0.566. The molecule has 0 saturated heterocycles. The van der Waals surface area contributed by atoms with Gasteiger partial charge in [-0.25, -0.2) is 4.39 Å². The van der Waals surface area contributed by atoms with E-state index >= 15 is 0 Å². The van der Waals surface area contributed by atoms with E-state index in [9.17, 15) is 18.0 Å². The lowest BCUT2D eigenvalue weighted by Gasteiger charge is -2.19. The molecule has 2 atom stereocenters. The van der Waals surface area contributed by atoms with Gasteiger partial charge in [-0.05, 0) is 54.7 Å². The van der Waals surface area contributed by atoms with Crippen molar-refractivity contribution < 1.29 is 27.4 Å². The highest BCUT2D eigenvalue weighted by atomic mass is 19.3. The summed E-state index contributed by atoms with van der Waals surface area (Å²) in [5.74, 6) is -0.126. The molecule has 2 aromatic carbocycles. The van der Waals surface area contributed by atoms with Crippen LogP contribution in [0.4, 0.5) is 13.2 Å². The highest BCUT2D eigenvalue weighted by Crippen LogP contribution is 2.48. The maximum absolute atomic E-state index is 13.0. The Kier molecular flexibility index (Phi) is 6.11. The Labute approximate surface area is 161 Å². The second-order valence-electron chi connectivity index (χ2n) is 6.79. The molecule has 0 N–H and O–H groups in total. The van der Waals surface area contributed by atoms with E-state index in [1.807, 2.05) is 0 Å². The summed E-state index contributed by atoms with van der Waals surface area (Å²) >= 11 is 0. The van der Waals surface area contributed by atoms with Gasteiger partial charge >= 0.3 is 6.61 Å². The van der Waals surface area contributed by atoms with Crippen molar-refractivity contribution in [2.24, 2.45) is 5.92 Å². The number of carbonyl (C=O) groups excluding carboxylic acids is 1. The quantitative estimate of drug-likeness (QED) is 0.659. The van der Waals surface area contributed by atoms with E-state index < -0.39 is 6.61 Å². The van der Waals surface area contributed by atoms with Gasteiger partial charge in [0.15, 0.2) is 11.5 Å². The third-order valence-electron chi connectivity index (χ3n) is 4.73. The van der Waals surface area contributed by atoms with Gasteiger partial charge in [0, 0.05) is 19.5 Å². The summed E-state index contributed by atoms with van der Waals surface area (Å²) < 4.78 is 47.9. The first kappa shape index (κ1) is 20.0. The summed E-state index contributed by atoms with van der Waals surface area (Å²) in [7, 11) is 1.70. The molecule has 0 heterocycles. The zero-order valence-electron chi connectivity index (χ0n) is 15.7. The van der Waals surface area contributed by atoms with Gasteiger partial charge in [0.1, 0.15) is 5.82 Å². The van der Waals surface area contributed by atoms with Gasteiger partial charge in [-0.15, -0.1) is 0 Å². The van der Waals surface area contributed by atoms with Crippen LogP contribution in [0.2, 0.25) is 0 Å². The molecule has 0 spiro atoms. The van der Waals surface area contributed by atoms with E-state index in [2.05, 4.69) is 4.74 Å². The van der Waals surface area contributed by atoms with Crippen molar-refractivity contribution >= 4 is 5.91 Å². The molecule has 0 aliphatic heterocycles.